The van der Waals surface area contributed by atoms with E-state index in [2.05, 4.69) is 4.90 Å². The molecule has 1 fully saturated rings. The van der Waals surface area contributed by atoms with Gasteiger partial charge in [-0.25, -0.2) is 4.79 Å². The third kappa shape index (κ3) is 4.96. The molecule has 1 heterocycles. The number of carbonyl (C=O) groups is 2. The van der Waals surface area contributed by atoms with Crippen molar-refractivity contribution in [2.45, 2.75) is 19.8 Å². The summed E-state index contributed by atoms with van der Waals surface area (Å²) < 4.78 is 10.3. The average Bonchev–Trinajstić information content (AvgIpc) is 2.59. The number of carbonyl (C=O) groups excluding carboxylic acids is 2. The van der Waals surface area contributed by atoms with Crippen molar-refractivity contribution in [1.29, 1.82) is 0 Å². The Morgan fingerprint density at radius 2 is 2.00 bits per heavy atom. The number of rotatable bonds is 7. The van der Waals surface area contributed by atoms with Crippen LogP contribution in [0.5, 0.6) is 0 Å². The van der Waals surface area contributed by atoms with Crippen molar-refractivity contribution >= 4 is 17.6 Å². The number of anilines is 1. The Balaban J connectivity index is 1.91. The van der Waals surface area contributed by atoms with Crippen molar-refractivity contribution in [3.8, 4) is 0 Å². The van der Waals surface area contributed by atoms with Gasteiger partial charge in [-0.05, 0) is 44.0 Å². The molecule has 0 aromatic heterocycles. The van der Waals surface area contributed by atoms with Gasteiger partial charge in [0.25, 0.3) is 0 Å². The van der Waals surface area contributed by atoms with E-state index in [0.29, 0.717) is 25.3 Å². The van der Waals surface area contributed by atoms with E-state index in [9.17, 15) is 9.59 Å². The molecule has 1 aliphatic heterocycles. The summed E-state index contributed by atoms with van der Waals surface area (Å²) in [7, 11) is 0. The molecular weight excluding hydrogens is 296 g/mol. The third-order valence-corrected chi connectivity index (χ3v) is 3.96. The molecule has 1 amide bonds. The predicted molar refractivity (Wildman–Crippen MR) is 87.3 cm³/mol. The number of primary amides is 1. The summed E-state index contributed by atoms with van der Waals surface area (Å²) in [5.41, 5.74) is 6.90. The average molecular weight is 320 g/mol. The zero-order valence-electron chi connectivity index (χ0n) is 13.5. The highest BCUT2D eigenvalue weighted by Gasteiger charge is 2.24. The molecule has 0 spiro atoms. The maximum atomic E-state index is 11.9. The lowest BCUT2D eigenvalue weighted by atomic mass is 9.97. The monoisotopic (exact) mass is 320 g/mol. The minimum Gasteiger partial charge on any atom is -0.460 e. The first-order valence-corrected chi connectivity index (χ1v) is 8.01. The van der Waals surface area contributed by atoms with E-state index in [1.54, 1.807) is 12.1 Å². The van der Waals surface area contributed by atoms with Gasteiger partial charge in [0.15, 0.2) is 0 Å². The van der Waals surface area contributed by atoms with Gasteiger partial charge in [-0.2, -0.15) is 0 Å². The number of nitrogens with two attached hydrogens (primary N) is 1. The first-order valence-electron chi connectivity index (χ1n) is 8.01. The fraction of sp³-hybridized carbons (Fsp3) is 0.529. The molecule has 0 unspecified atom stereocenters. The van der Waals surface area contributed by atoms with Crippen LogP contribution < -0.4 is 10.6 Å². The van der Waals surface area contributed by atoms with Crippen LogP contribution in [0.4, 0.5) is 5.69 Å². The molecular formula is C17H24N2O4. The van der Waals surface area contributed by atoms with E-state index in [4.69, 9.17) is 15.2 Å². The molecule has 2 N–H and O–H groups in total. The second kappa shape index (κ2) is 8.53. The maximum absolute atomic E-state index is 11.9. The molecule has 0 saturated carbocycles. The molecule has 23 heavy (non-hydrogen) atoms. The second-order valence-electron chi connectivity index (χ2n) is 5.57. The first kappa shape index (κ1) is 17.3. The number of benzene rings is 1. The van der Waals surface area contributed by atoms with E-state index >= 15 is 0 Å². The Bertz CT molecular complexity index is 530. The van der Waals surface area contributed by atoms with Crippen LogP contribution in [0.2, 0.25) is 0 Å². The highest BCUT2D eigenvalue weighted by molar-refractivity contribution is 5.89. The standard InChI is InChI=1S/C17H24N2O4/c1-2-22-10-11-23-17(21)13-5-7-15(8-6-13)19-9-3-4-14(12-19)16(18)20/h5-8,14H,2-4,9-12H2,1H3,(H2,18,20)/t14-/m1/s1. The van der Waals surface area contributed by atoms with Crippen LogP contribution >= 0.6 is 0 Å². The van der Waals surface area contributed by atoms with Crippen molar-refractivity contribution in [3.63, 3.8) is 0 Å². The van der Waals surface area contributed by atoms with Crippen LogP contribution in [-0.4, -0.2) is 44.8 Å². The highest BCUT2D eigenvalue weighted by Crippen LogP contribution is 2.23. The lowest BCUT2D eigenvalue weighted by Gasteiger charge is -2.33. The number of piperidine rings is 1. The summed E-state index contributed by atoms with van der Waals surface area (Å²) in [5, 5.41) is 0. The molecule has 0 aliphatic carbocycles. The topological polar surface area (TPSA) is 81.9 Å². The second-order valence-corrected chi connectivity index (χ2v) is 5.57. The van der Waals surface area contributed by atoms with Gasteiger partial charge in [0.2, 0.25) is 5.91 Å². The number of nitrogens with zero attached hydrogens (tertiary/aromatic N) is 1. The summed E-state index contributed by atoms with van der Waals surface area (Å²) in [4.78, 5) is 25.4. The van der Waals surface area contributed by atoms with E-state index in [1.165, 1.54) is 0 Å². The van der Waals surface area contributed by atoms with Gasteiger partial charge < -0.3 is 20.1 Å². The summed E-state index contributed by atoms with van der Waals surface area (Å²) in [6.07, 6.45) is 1.78. The number of esters is 1. The van der Waals surface area contributed by atoms with Crippen LogP contribution in [0.25, 0.3) is 0 Å². The molecule has 1 aliphatic rings. The molecule has 1 aromatic carbocycles. The fourth-order valence-electron chi connectivity index (χ4n) is 2.67. The predicted octanol–water partition coefficient (Wildman–Crippen LogP) is 1.58. The van der Waals surface area contributed by atoms with Crippen LogP contribution in [0, 0.1) is 5.92 Å². The molecule has 6 nitrogen and oxygen atoms in total. The van der Waals surface area contributed by atoms with Gasteiger partial charge in [0, 0.05) is 25.4 Å². The molecule has 1 aromatic rings. The molecule has 126 valence electrons. The van der Waals surface area contributed by atoms with Crippen molar-refractivity contribution in [2.75, 3.05) is 37.8 Å². The van der Waals surface area contributed by atoms with E-state index in [0.717, 1.165) is 25.1 Å². The molecule has 0 radical (unpaired) electrons. The zero-order chi connectivity index (χ0) is 16.7. The number of amides is 1. The van der Waals surface area contributed by atoms with Gasteiger partial charge in [-0.3, -0.25) is 4.79 Å². The Morgan fingerprint density at radius 1 is 1.26 bits per heavy atom. The van der Waals surface area contributed by atoms with E-state index in [1.807, 2.05) is 19.1 Å². The largest absolute Gasteiger partial charge is 0.460 e. The van der Waals surface area contributed by atoms with E-state index < -0.39 is 0 Å². The van der Waals surface area contributed by atoms with Gasteiger partial charge in [-0.15, -0.1) is 0 Å². The lowest BCUT2D eigenvalue weighted by Crippen LogP contribution is -2.41. The number of hydrogen-bond acceptors (Lipinski definition) is 5. The normalized spacial score (nSPS) is 17.8. The van der Waals surface area contributed by atoms with Crippen molar-refractivity contribution in [2.24, 2.45) is 11.7 Å². The molecule has 1 atom stereocenters. The Morgan fingerprint density at radius 3 is 2.65 bits per heavy atom. The fourth-order valence-corrected chi connectivity index (χ4v) is 2.67. The van der Waals surface area contributed by atoms with Gasteiger partial charge >= 0.3 is 5.97 Å². The lowest BCUT2D eigenvalue weighted by molar-refractivity contribution is -0.122. The molecule has 1 saturated heterocycles. The highest BCUT2D eigenvalue weighted by atomic mass is 16.6. The number of ether oxygens (including phenoxy) is 2. The third-order valence-electron chi connectivity index (χ3n) is 3.96. The van der Waals surface area contributed by atoms with Gasteiger partial charge in [-0.1, -0.05) is 0 Å². The van der Waals surface area contributed by atoms with Crippen LogP contribution in [0.3, 0.4) is 0 Å². The van der Waals surface area contributed by atoms with Crippen molar-refractivity contribution in [3.05, 3.63) is 29.8 Å². The first-order chi connectivity index (χ1) is 11.1. The quantitative estimate of drug-likeness (QED) is 0.609. The number of hydrogen-bond donors (Lipinski definition) is 1. The molecule has 2 rings (SSSR count). The Labute approximate surface area is 136 Å². The Kier molecular flexibility index (Phi) is 6.40. The maximum Gasteiger partial charge on any atom is 0.338 e. The van der Waals surface area contributed by atoms with Crippen LogP contribution in [0.1, 0.15) is 30.1 Å². The zero-order valence-corrected chi connectivity index (χ0v) is 13.5. The van der Waals surface area contributed by atoms with Crippen LogP contribution in [-0.2, 0) is 14.3 Å². The molecule has 0 bridgehead atoms. The SMILES string of the molecule is CCOCCOC(=O)c1ccc(N2CCC[C@@H](C(N)=O)C2)cc1. The summed E-state index contributed by atoms with van der Waals surface area (Å²) in [6, 6.07) is 7.24. The van der Waals surface area contributed by atoms with Gasteiger partial charge in [0.05, 0.1) is 18.1 Å². The minimum atomic E-state index is -0.357. The van der Waals surface area contributed by atoms with Crippen molar-refractivity contribution in [1.82, 2.24) is 0 Å². The van der Waals surface area contributed by atoms with E-state index in [-0.39, 0.29) is 24.4 Å². The molecule has 6 heteroatoms. The van der Waals surface area contributed by atoms with Crippen LogP contribution in [0.15, 0.2) is 24.3 Å². The summed E-state index contributed by atoms with van der Waals surface area (Å²) in [5.74, 6) is -0.707. The van der Waals surface area contributed by atoms with Gasteiger partial charge in [0.1, 0.15) is 6.61 Å². The summed E-state index contributed by atoms with van der Waals surface area (Å²) >= 11 is 0. The summed E-state index contributed by atoms with van der Waals surface area (Å²) in [6.45, 7) is 4.68. The smallest absolute Gasteiger partial charge is 0.338 e. The Hall–Kier alpha value is -2.08. The van der Waals surface area contributed by atoms with Crippen molar-refractivity contribution < 1.29 is 19.1 Å². The minimum absolute atomic E-state index is 0.105.